The van der Waals surface area contributed by atoms with Gasteiger partial charge in [-0.2, -0.15) is 0 Å². The number of likely N-dealkylation sites (N-methyl/N-ethyl adjacent to an activating group) is 1. The van der Waals surface area contributed by atoms with Crippen molar-refractivity contribution in [2.45, 2.75) is 25.5 Å². The van der Waals surface area contributed by atoms with E-state index in [4.69, 9.17) is 14.2 Å². The SMILES string of the molecule is COc1cc(/C=C/C(=O)O[C@@H](C)C(=O)N(C)[C@H]2CCS(=O)(=O)C2)cc(OC)c1. The molecule has 0 N–H and O–H groups in total. The summed E-state index contributed by atoms with van der Waals surface area (Å²) in [5.74, 6) is 0.0269. The lowest BCUT2D eigenvalue weighted by atomic mass is 10.2. The fourth-order valence-electron chi connectivity index (χ4n) is 2.90. The quantitative estimate of drug-likeness (QED) is 0.492. The van der Waals surface area contributed by atoms with E-state index in [1.807, 2.05) is 0 Å². The van der Waals surface area contributed by atoms with Gasteiger partial charge in [0, 0.05) is 25.2 Å². The summed E-state index contributed by atoms with van der Waals surface area (Å²) in [7, 11) is 1.46. The fourth-order valence-corrected chi connectivity index (χ4v) is 4.68. The van der Waals surface area contributed by atoms with Gasteiger partial charge in [-0.1, -0.05) is 0 Å². The topological polar surface area (TPSA) is 99.2 Å². The van der Waals surface area contributed by atoms with Crippen LogP contribution in [0.15, 0.2) is 24.3 Å². The zero-order valence-electron chi connectivity index (χ0n) is 16.4. The summed E-state index contributed by atoms with van der Waals surface area (Å²) in [5, 5.41) is 0. The van der Waals surface area contributed by atoms with Crippen molar-refractivity contribution < 1.29 is 32.2 Å². The van der Waals surface area contributed by atoms with Gasteiger partial charge in [-0.05, 0) is 37.1 Å². The Kier molecular flexibility index (Phi) is 7.06. The Morgan fingerprint density at radius 1 is 1.18 bits per heavy atom. The van der Waals surface area contributed by atoms with Crippen LogP contribution in [0.3, 0.4) is 0 Å². The van der Waals surface area contributed by atoms with Gasteiger partial charge in [0.05, 0.1) is 25.7 Å². The van der Waals surface area contributed by atoms with Gasteiger partial charge in [-0.25, -0.2) is 13.2 Å². The normalized spacial score (nSPS) is 19.2. The van der Waals surface area contributed by atoms with Crippen LogP contribution in [-0.4, -0.2) is 70.1 Å². The van der Waals surface area contributed by atoms with Gasteiger partial charge in [0.15, 0.2) is 15.9 Å². The summed E-state index contributed by atoms with van der Waals surface area (Å²) in [4.78, 5) is 25.8. The molecule has 2 atom stereocenters. The number of carbonyl (C=O) groups excluding carboxylic acids is 2. The third-order valence-corrected chi connectivity index (χ3v) is 6.28. The van der Waals surface area contributed by atoms with E-state index in [9.17, 15) is 18.0 Å². The molecule has 28 heavy (non-hydrogen) atoms. The zero-order chi connectivity index (χ0) is 20.9. The number of carbonyl (C=O) groups is 2. The van der Waals surface area contributed by atoms with Gasteiger partial charge >= 0.3 is 5.97 Å². The number of benzene rings is 1. The molecular weight excluding hydrogens is 386 g/mol. The Bertz CT molecular complexity index is 841. The van der Waals surface area contributed by atoms with Crippen LogP contribution in [0.1, 0.15) is 18.9 Å². The first-order chi connectivity index (χ1) is 13.1. The van der Waals surface area contributed by atoms with Crippen molar-refractivity contribution in [2.75, 3.05) is 32.8 Å². The number of hydrogen-bond donors (Lipinski definition) is 0. The summed E-state index contributed by atoms with van der Waals surface area (Å²) in [6, 6.07) is 4.75. The van der Waals surface area contributed by atoms with E-state index in [1.165, 1.54) is 45.2 Å². The highest BCUT2D eigenvalue weighted by Crippen LogP contribution is 2.23. The third-order valence-electron chi connectivity index (χ3n) is 4.53. The minimum absolute atomic E-state index is 0.0620. The molecule has 1 aliphatic heterocycles. The number of rotatable bonds is 7. The molecule has 154 valence electrons. The first-order valence-corrected chi connectivity index (χ1v) is 10.6. The maximum absolute atomic E-state index is 12.4. The van der Waals surface area contributed by atoms with Crippen molar-refractivity contribution in [1.82, 2.24) is 4.90 Å². The largest absolute Gasteiger partial charge is 0.497 e. The summed E-state index contributed by atoms with van der Waals surface area (Å²) in [5.41, 5.74) is 0.667. The lowest BCUT2D eigenvalue weighted by Crippen LogP contribution is -2.44. The molecule has 2 rings (SSSR count). The van der Waals surface area contributed by atoms with Gasteiger partial charge in [-0.3, -0.25) is 4.79 Å². The van der Waals surface area contributed by atoms with Crippen LogP contribution in [0, 0.1) is 0 Å². The van der Waals surface area contributed by atoms with Crippen LogP contribution in [-0.2, 0) is 24.2 Å². The number of hydrogen-bond acceptors (Lipinski definition) is 7. The van der Waals surface area contributed by atoms with Gasteiger partial charge in [0.1, 0.15) is 11.5 Å². The van der Waals surface area contributed by atoms with Crippen LogP contribution in [0.2, 0.25) is 0 Å². The predicted octanol–water partition coefficient (Wildman–Crippen LogP) is 1.29. The van der Waals surface area contributed by atoms with Crippen LogP contribution in [0.4, 0.5) is 0 Å². The number of nitrogens with zero attached hydrogens (tertiary/aromatic N) is 1. The second kappa shape index (κ2) is 9.09. The summed E-state index contributed by atoms with van der Waals surface area (Å²) < 4.78 is 38.6. The van der Waals surface area contributed by atoms with E-state index >= 15 is 0 Å². The van der Waals surface area contributed by atoms with Crippen LogP contribution in [0.5, 0.6) is 11.5 Å². The average Bonchev–Trinajstić information content (AvgIpc) is 3.04. The predicted molar refractivity (Wildman–Crippen MR) is 104 cm³/mol. The van der Waals surface area contributed by atoms with E-state index in [-0.39, 0.29) is 11.5 Å². The van der Waals surface area contributed by atoms with Crippen molar-refractivity contribution in [3.63, 3.8) is 0 Å². The first-order valence-electron chi connectivity index (χ1n) is 8.74. The van der Waals surface area contributed by atoms with Crippen molar-refractivity contribution in [3.05, 3.63) is 29.8 Å². The lowest BCUT2D eigenvalue weighted by Gasteiger charge is -2.26. The molecule has 0 saturated carbocycles. The number of ether oxygens (including phenoxy) is 3. The molecule has 1 saturated heterocycles. The highest BCUT2D eigenvalue weighted by Gasteiger charge is 2.34. The van der Waals surface area contributed by atoms with Gasteiger partial charge < -0.3 is 19.1 Å². The van der Waals surface area contributed by atoms with Crippen molar-refractivity contribution in [3.8, 4) is 11.5 Å². The van der Waals surface area contributed by atoms with E-state index in [2.05, 4.69) is 0 Å². The van der Waals surface area contributed by atoms with Crippen molar-refractivity contribution in [1.29, 1.82) is 0 Å². The first kappa shape index (κ1) is 21.7. The van der Waals surface area contributed by atoms with E-state index in [1.54, 1.807) is 18.2 Å². The van der Waals surface area contributed by atoms with Crippen molar-refractivity contribution >= 4 is 27.8 Å². The van der Waals surface area contributed by atoms with E-state index in [0.29, 0.717) is 23.5 Å². The number of amides is 1. The molecule has 8 nitrogen and oxygen atoms in total. The molecule has 0 unspecified atom stereocenters. The average molecular weight is 411 g/mol. The molecule has 1 aromatic carbocycles. The molecule has 1 heterocycles. The molecule has 0 aromatic heterocycles. The fraction of sp³-hybridized carbons (Fsp3) is 0.474. The molecule has 1 amide bonds. The maximum atomic E-state index is 12.4. The van der Waals surface area contributed by atoms with Gasteiger partial charge in [-0.15, -0.1) is 0 Å². The van der Waals surface area contributed by atoms with Crippen LogP contribution < -0.4 is 9.47 Å². The monoisotopic (exact) mass is 411 g/mol. The minimum atomic E-state index is -3.11. The molecular formula is C19H25NO7S. The summed E-state index contributed by atoms with van der Waals surface area (Å²) >= 11 is 0. The smallest absolute Gasteiger partial charge is 0.331 e. The number of esters is 1. The standard InChI is InChI=1S/C19H25NO7S/c1-13(19(22)20(2)15-7-8-28(23,24)12-15)27-18(21)6-5-14-9-16(25-3)11-17(10-14)26-4/h5-6,9-11,13,15H,7-8,12H2,1-4H3/b6-5+/t13-,15-/m0/s1. The summed E-state index contributed by atoms with van der Waals surface area (Å²) in [6.45, 7) is 1.46. The van der Waals surface area contributed by atoms with E-state index < -0.39 is 33.9 Å². The number of sulfone groups is 1. The van der Waals surface area contributed by atoms with E-state index in [0.717, 1.165) is 0 Å². The van der Waals surface area contributed by atoms with Gasteiger partial charge in [0.25, 0.3) is 5.91 Å². The molecule has 1 fully saturated rings. The highest BCUT2D eigenvalue weighted by molar-refractivity contribution is 7.91. The molecule has 0 spiro atoms. The molecule has 9 heteroatoms. The van der Waals surface area contributed by atoms with Crippen LogP contribution >= 0.6 is 0 Å². The van der Waals surface area contributed by atoms with Crippen molar-refractivity contribution in [2.24, 2.45) is 0 Å². The molecule has 0 bridgehead atoms. The highest BCUT2D eigenvalue weighted by atomic mass is 32.2. The molecule has 1 aliphatic rings. The Balaban J connectivity index is 1.96. The Morgan fingerprint density at radius 3 is 2.29 bits per heavy atom. The summed E-state index contributed by atoms with van der Waals surface area (Å²) in [6.07, 6.45) is 2.10. The maximum Gasteiger partial charge on any atom is 0.331 e. The Morgan fingerprint density at radius 2 is 1.79 bits per heavy atom. The van der Waals surface area contributed by atoms with Gasteiger partial charge in [0.2, 0.25) is 0 Å². The van der Waals surface area contributed by atoms with Crippen LogP contribution in [0.25, 0.3) is 6.08 Å². The molecule has 0 aliphatic carbocycles. The Labute approximate surface area is 165 Å². The molecule has 1 aromatic rings. The second-order valence-corrected chi connectivity index (χ2v) is 8.79. The lowest BCUT2D eigenvalue weighted by molar-refractivity contribution is -0.155. The second-order valence-electron chi connectivity index (χ2n) is 6.56. The number of methoxy groups -OCH3 is 2. The molecule has 0 radical (unpaired) electrons. The third kappa shape index (κ3) is 5.72. The zero-order valence-corrected chi connectivity index (χ0v) is 17.2. The Hall–Kier alpha value is -2.55. The minimum Gasteiger partial charge on any atom is -0.497 e.